The molecular weight excluding hydrogens is 300 g/mol. The van der Waals surface area contributed by atoms with E-state index in [9.17, 15) is 0 Å². The molecule has 0 atom stereocenters. The van der Waals surface area contributed by atoms with Gasteiger partial charge in [0.15, 0.2) is 0 Å². The summed E-state index contributed by atoms with van der Waals surface area (Å²) in [7, 11) is 0. The maximum absolute atomic E-state index is 6.18. The van der Waals surface area contributed by atoms with Gasteiger partial charge in [0.05, 0.1) is 0 Å². The molecule has 4 rings (SSSR count). The third kappa shape index (κ3) is 1.99. The first-order chi connectivity index (χ1) is 11.2. The first-order valence-electron chi connectivity index (χ1n) is 7.56. The molecule has 3 aromatic rings. The van der Waals surface area contributed by atoms with Gasteiger partial charge >= 0.3 is 0 Å². The minimum Gasteiger partial charge on any atom is -0.0984 e. The van der Waals surface area contributed by atoms with Gasteiger partial charge in [0.2, 0.25) is 0 Å². The summed E-state index contributed by atoms with van der Waals surface area (Å²) in [4.78, 5) is 0. The largest absolute Gasteiger partial charge is 0.0984 e. The van der Waals surface area contributed by atoms with Gasteiger partial charge in [-0.25, -0.2) is 0 Å². The summed E-state index contributed by atoms with van der Waals surface area (Å²) < 4.78 is 0. The minimum atomic E-state index is 0.752. The smallest absolute Gasteiger partial charge is 0.0412 e. The summed E-state index contributed by atoms with van der Waals surface area (Å²) in [5.41, 5.74) is 7.10. The number of halogens is 1. The molecule has 0 saturated carbocycles. The number of benzene rings is 3. The summed E-state index contributed by atoms with van der Waals surface area (Å²) in [6.07, 6.45) is 3.84. The second-order valence-corrected chi connectivity index (χ2v) is 6.07. The van der Waals surface area contributed by atoms with Crippen LogP contribution >= 0.6 is 11.6 Å². The summed E-state index contributed by atoms with van der Waals surface area (Å²) in [6.45, 7) is 7.96. The summed E-state index contributed by atoms with van der Waals surface area (Å²) in [6, 6.07) is 18.8. The zero-order valence-corrected chi connectivity index (χ0v) is 13.4. The fourth-order valence-corrected chi connectivity index (χ4v) is 3.68. The van der Waals surface area contributed by atoms with Crippen LogP contribution in [0.15, 0.2) is 79.9 Å². The zero-order chi connectivity index (χ0) is 16.0. The van der Waals surface area contributed by atoms with Crippen LogP contribution in [-0.2, 0) is 0 Å². The standard InChI is InChI=1S/C22H15Cl/c1-3-16-17(4-2)21-12-11-18(14-7-5-8-15(23)13-14)20-10-6-9-19(16)22(20)21/h3-13H,1-2H2. The van der Waals surface area contributed by atoms with Crippen LogP contribution in [0.2, 0.25) is 5.02 Å². The molecule has 0 N–H and O–H groups in total. The van der Waals surface area contributed by atoms with E-state index in [0.29, 0.717) is 0 Å². The van der Waals surface area contributed by atoms with Gasteiger partial charge in [-0.2, -0.15) is 0 Å². The predicted octanol–water partition coefficient (Wildman–Crippen LogP) is 6.76. The predicted molar refractivity (Wildman–Crippen MR) is 102 cm³/mol. The molecule has 3 aromatic carbocycles. The monoisotopic (exact) mass is 314 g/mol. The van der Waals surface area contributed by atoms with E-state index >= 15 is 0 Å². The highest BCUT2D eigenvalue weighted by atomic mass is 35.5. The van der Waals surface area contributed by atoms with Crippen LogP contribution in [0.1, 0.15) is 11.1 Å². The summed E-state index contributed by atoms with van der Waals surface area (Å²) in [5.74, 6) is 0. The highest BCUT2D eigenvalue weighted by Gasteiger charge is 2.22. The Bertz CT molecular complexity index is 981. The second-order valence-electron chi connectivity index (χ2n) is 5.63. The lowest BCUT2D eigenvalue weighted by Gasteiger charge is -2.10. The Labute approximate surface area is 141 Å². The summed E-state index contributed by atoms with van der Waals surface area (Å²) in [5, 5.41) is 3.26. The fraction of sp³-hybridized carbons (Fsp3) is 0. The summed E-state index contributed by atoms with van der Waals surface area (Å²) >= 11 is 6.18. The van der Waals surface area contributed by atoms with E-state index in [1.165, 1.54) is 27.5 Å². The van der Waals surface area contributed by atoms with E-state index in [1.807, 2.05) is 30.4 Å². The van der Waals surface area contributed by atoms with Crippen LogP contribution in [0.4, 0.5) is 0 Å². The first kappa shape index (κ1) is 14.0. The average Bonchev–Trinajstić information content (AvgIpc) is 2.90. The van der Waals surface area contributed by atoms with Crippen molar-refractivity contribution in [3.8, 4) is 11.1 Å². The van der Waals surface area contributed by atoms with Gasteiger partial charge in [-0.15, -0.1) is 0 Å². The van der Waals surface area contributed by atoms with Gasteiger partial charge in [-0.3, -0.25) is 0 Å². The van der Waals surface area contributed by atoms with Crippen molar-refractivity contribution >= 4 is 33.5 Å². The molecule has 0 unspecified atom stereocenters. The molecule has 1 aliphatic carbocycles. The Morgan fingerprint density at radius 1 is 0.739 bits per heavy atom. The maximum atomic E-state index is 6.18. The molecule has 0 aliphatic heterocycles. The Kier molecular flexibility index (Phi) is 3.21. The van der Waals surface area contributed by atoms with E-state index < -0.39 is 0 Å². The zero-order valence-electron chi connectivity index (χ0n) is 12.6. The average molecular weight is 315 g/mol. The van der Waals surface area contributed by atoms with Crippen LogP contribution in [0, 0.1) is 0 Å². The Morgan fingerprint density at radius 3 is 2.09 bits per heavy atom. The van der Waals surface area contributed by atoms with Gasteiger partial charge < -0.3 is 0 Å². The van der Waals surface area contributed by atoms with E-state index in [-0.39, 0.29) is 0 Å². The van der Waals surface area contributed by atoms with Crippen LogP contribution < -0.4 is 0 Å². The van der Waals surface area contributed by atoms with Crippen molar-refractivity contribution in [3.63, 3.8) is 0 Å². The Morgan fingerprint density at radius 2 is 1.39 bits per heavy atom. The molecule has 0 amide bonds. The molecule has 0 bridgehead atoms. The highest BCUT2D eigenvalue weighted by Crippen LogP contribution is 2.45. The Balaban J connectivity index is 2.09. The molecule has 0 spiro atoms. The van der Waals surface area contributed by atoms with Crippen molar-refractivity contribution in [3.05, 3.63) is 96.1 Å². The van der Waals surface area contributed by atoms with Crippen LogP contribution in [0.25, 0.3) is 33.0 Å². The van der Waals surface area contributed by atoms with Crippen molar-refractivity contribution in [2.24, 2.45) is 0 Å². The molecule has 0 aromatic heterocycles. The van der Waals surface area contributed by atoms with Gasteiger partial charge in [-0.05, 0) is 56.3 Å². The second kappa shape index (κ2) is 5.26. The molecule has 0 nitrogen and oxygen atoms in total. The third-order valence-corrected chi connectivity index (χ3v) is 4.69. The van der Waals surface area contributed by atoms with E-state index in [2.05, 4.69) is 49.6 Å². The van der Waals surface area contributed by atoms with Crippen molar-refractivity contribution in [2.45, 2.75) is 0 Å². The first-order valence-corrected chi connectivity index (χ1v) is 7.94. The fourth-order valence-electron chi connectivity index (χ4n) is 3.49. The highest BCUT2D eigenvalue weighted by molar-refractivity contribution is 6.31. The molecule has 0 radical (unpaired) electrons. The van der Waals surface area contributed by atoms with Crippen molar-refractivity contribution in [1.82, 2.24) is 0 Å². The van der Waals surface area contributed by atoms with Crippen LogP contribution in [0.5, 0.6) is 0 Å². The van der Waals surface area contributed by atoms with E-state index in [1.54, 1.807) is 0 Å². The lowest BCUT2D eigenvalue weighted by molar-refractivity contribution is 1.63. The normalized spacial score (nSPS) is 12.7. The van der Waals surface area contributed by atoms with Crippen molar-refractivity contribution < 1.29 is 0 Å². The molecule has 1 aliphatic rings. The van der Waals surface area contributed by atoms with Gasteiger partial charge in [0.1, 0.15) is 0 Å². The lowest BCUT2D eigenvalue weighted by atomic mass is 9.94. The maximum Gasteiger partial charge on any atom is 0.0412 e. The molecular formula is C22H15Cl. The Hall–Kier alpha value is -2.57. The molecule has 0 saturated heterocycles. The molecule has 110 valence electrons. The topological polar surface area (TPSA) is 0 Å². The van der Waals surface area contributed by atoms with Gasteiger partial charge in [-0.1, -0.05) is 79.4 Å². The SMILES string of the molecule is C=CC1=C(C=C)c2ccc(-c3cccc(Cl)c3)c3cccc1c23. The lowest BCUT2D eigenvalue weighted by Crippen LogP contribution is -1.86. The van der Waals surface area contributed by atoms with Crippen LogP contribution in [-0.4, -0.2) is 0 Å². The minimum absolute atomic E-state index is 0.752. The molecule has 0 fully saturated rings. The number of rotatable bonds is 3. The van der Waals surface area contributed by atoms with Crippen LogP contribution in [0.3, 0.4) is 0 Å². The molecule has 1 heteroatoms. The number of allylic oxidation sites excluding steroid dienone is 4. The third-order valence-electron chi connectivity index (χ3n) is 4.46. The number of hydrogen-bond donors (Lipinski definition) is 0. The van der Waals surface area contributed by atoms with Gasteiger partial charge in [0, 0.05) is 5.02 Å². The van der Waals surface area contributed by atoms with E-state index in [4.69, 9.17) is 11.6 Å². The van der Waals surface area contributed by atoms with E-state index in [0.717, 1.165) is 21.7 Å². The van der Waals surface area contributed by atoms with Crippen molar-refractivity contribution in [1.29, 1.82) is 0 Å². The van der Waals surface area contributed by atoms with Crippen molar-refractivity contribution in [2.75, 3.05) is 0 Å². The quantitative estimate of drug-likeness (QED) is 0.501. The number of hydrogen-bond acceptors (Lipinski definition) is 0. The molecule has 23 heavy (non-hydrogen) atoms. The van der Waals surface area contributed by atoms with Gasteiger partial charge in [0.25, 0.3) is 0 Å². The molecule has 0 heterocycles.